The highest BCUT2D eigenvalue weighted by atomic mass is 16.6. The van der Waals surface area contributed by atoms with Crippen LogP contribution in [0.5, 0.6) is 11.5 Å². The maximum atomic E-state index is 12.2. The summed E-state index contributed by atoms with van der Waals surface area (Å²) in [6, 6.07) is 12.1. The molecule has 3 rings (SSSR count). The molecule has 1 aromatic heterocycles. The molecular weight excluding hydrogens is 308 g/mol. The first kappa shape index (κ1) is 15.7. The summed E-state index contributed by atoms with van der Waals surface area (Å²) < 4.78 is 10.5. The second-order valence-electron chi connectivity index (χ2n) is 5.12. The Bertz CT molecular complexity index is 963. The van der Waals surface area contributed by atoms with Crippen molar-refractivity contribution in [1.29, 1.82) is 0 Å². The summed E-state index contributed by atoms with van der Waals surface area (Å²) in [6.07, 6.45) is 0.268. The van der Waals surface area contributed by atoms with E-state index in [0.29, 0.717) is 33.8 Å². The zero-order valence-electron chi connectivity index (χ0n) is 13.3. The standard InChI is InChI=1S/C18H16N2O4/c1-3-16(21)24-14-9-8-11(10-15(14)23-2)17-19-13-7-5-4-6-12(13)18(22)20-17/h4-10H,3H2,1-2H3,(H,19,20,22). The van der Waals surface area contributed by atoms with Crippen molar-refractivity contribution in [3.8, 4) is 22.9 Å². The second-order valence-corrected chi connectivity index (χ2v) is 5.12. The maximum absolute atomic E-state index is 12.2. The molecule has 3 aromatic rings. The molecule has 0 bridgehead atoms. The number of nitrogens with zero attached hydrogens (tertiary/aromatic N) is 1. The average molecular weight is 324 g/mol. The first-order chi connectivity index (χ1) is 11.6. The van der Waals surface area contributed by atoms with E-state index in [9.17, 15) is 9.59 Å². The third-order valence-electron chi connectivity index (χ3n) is 3.56. The van der Waals surface area contributed by atoms with Gasteiger partial charge in [-0.05, 0) is 30.3 Å². The predicted octanol–water partition coefficient (Wildman–Crippen LogP) is 2.91. The Balaban J connectivity index is 2.06. The van der Waals surface area contributed by atoms with Crippen molar-refractivity contribution in [3.05, 3.63) is 52.8 Å². The topological polar surface area (TPSA) is 81.3 Å². The summed E-state index contributed by atoms with van der Waals surface area (Å²) in [5.41, 5.74) is 1.05. The van der Waals surface area contributed by atoms with Crippen LogP contribution >= 0.6 is 0 Å². The van der Waals surface area contributed by atoms with Crippen LogP contribution in [0.25, 0.3) is 22.3 Å². The fourth-order valence-electron chi connectivity index (χ4n) is 2.32. The minimum Gasteiger partial charge on any atom is -0.493 e. The number of esters is 1. The van der Waals surface area contributed by atoms with Crippen LogP contribution < -0.4 is 15.0 Å². The van der Waals surface area contributed by atoms with Gasteiger partial charge in [0.1, 0.15) is 5.82 Å². The number of carbonyl (C=O) groups is 1. The van der Waals surface area contributed by atoms with Gasteiger partial charge in [-0.2, -0.15) is 0 Å². The molecule has 0 amide bonds. The van der Waals surface area contributed by atoms with Crippen molar-refractivity contribution in [3.63, 3.8) is 0 Å². The van der Waals surface area contributed by atoms with Gasteiger partial charge < -0.3 is 14.5 Å². The highest BCUT2D eigenvalue weighted by Gasteiger charge is 2.12. The van der Waals surface area contributed by atoms with E-state index in [1.807, 2.05) is 6.07 Å². The number of para-hydroxylation sites is 1. The molecule has 0 saturated heterocycles. The summed E-state index contributed by atoms with van der Waals surface area (Å²) in [6.45, 7) is 1.72. The number of aromatic amines is 1. The number of H-pyrrole nitrogens is 1. The highest BCUT2D eigenvalue weighted by Crippen LogP contribution is 2.31. The van der Waals surface area contributed by atoms with E-state index in [2.05, 4.69) is 9.97 Å². The summed E-state index contributed by atoms with van der Waals surface area (Å²) in [7, 11) is 1.49. The quantitative estimate of drug-likeness (QED) is 0.589. The summed E-state index contributed by atoms with van der Waals surface area (Å²) in [5, 5.41) is 0.529. The number of methoxy groups -OCH3 is 1. The van der Waals surface area contributed by atoms with Crippen LogP contribution in [0.4, 0.5) is 0 Å². The molecule has 24 heavy (non-hydrogen) atoms. The average Bonchev–Trinajstić information content (AvgIpc) is 2.61. The molecule has 0 unspecified atom stereocenters. The third-order valence-corrected chi connectivity index (χ3v) is 3.56. The number of ether oxygens (including phenoxy) is 2. The van der Waals surface area contributed by atoms with Gasteiger partial charge in [0.05, 0.1) is 18.0 Å². The third kappa shape index (κ3) is 2.99. The predicted molar refractivity (Wildman–Crippen MR) is 90.3 cm³/mol. The Kier molecular flexibility index (Phi) is 4.29. The van der Waals surface area contributed by atoms with E-state index in [1.54, 1.807) is 43.3 Å². The van der Waals surface area contributed by atoms with Gasteiger partial charge in [0, 0.05) is 12.0 Å². The number of hydrogen-bond donors (Lipinski definition) is 1. The normalized spacial score (nSPS) is 10.6. The first-order valence-corrected chi connectivity index (χ1v) is 7.50. The van der Waals surface area contributed by atoms with Crippen molar-refractivity contribution in [2.75, 3.05) is 7.11 Å². The van der Waals surface area contributed by atoms with Crippen LogP contribution in [0.15, 0.2) is 47.3 Å². The molecule has 2 aromatic carbocycles. The molecule has 0 aliphatic heterocycles. The van der Waals surface area contributed by atoms with E-state index < -0.39 is 0 Å². The van der Waals surface area contributed by atoms with Gasteiger partial charge in [-0.3, -0.25) is 9.59 Å². The molecule has 0 radical (unpaired) electrons. The largest absolute Gasteiger partial charge is 0.493 e. The fraction of sp³-hybridized carbons (Fsp3) is 0.167. The van der Waals surface area contributed by atoms with Crippen LogP contribution in [0, 0.1) is 0 Å². The lowest BCUT2D eigenvalue weighted by Crippen LogP contribution is -2.10. The molecule has 6 nitrogen and oxygen atoms in total. The molecule has 0 fully saturated rings. The molecule has 1 N–H and O–H groups in total. The number of benzene rings is 2. The maximum Gasteiger partial charge on any atom is 0.311 e. The molecule has 0 aliphatic carbocycles. The van der Waals surface area contributed by atoms with Gasteiger partial charge in [0.2, 0.25) is 0 Å². The molecule has 1 heterocycles. The zero-order valence-corrected chi connectivity index (χ0v) is 13.3. The smallest absolute Gasteiger partial charge is 0.311 e. The van der Waals surface area contributed by atoms with Gasteiger partial charge in [-0.25, -0.2) is 4.98 Å². The second kappa shape index (κ2) is 6.54. The monoisotopic (exact) mass is 324 g/mol. The Labute approximate surface area is 138 Å². The number of carbonyl (C=O) groups excluding carboxylic acids is 1. The van der Waals surface area contributed by atoms with Crippen molar-refractivity contribution in [2.45, 2.75) is 13.3 Å². The Morgan fingerprint density at radius 2 is 1.96 bits per heavy atom. The Morgan fingerprint density at radius 3 is 2.71 bits per heavy atom. The van der Waals surface area contributed by atoms with Crippen molar-refractivity contribution >= 4 is 16.9 Å². The van der Waals surface area contributed by atoms with Gasteiger partial charge in [-0.15, -0.1) is 0 Å². The molecule has 0 aliphatic rings. The van der Waals surface area contributed by atoms with Crippen LogP contribution in [0.1, 0.15) is 13.3 Å². The summed E-state index contributed by atoms with van der Waals surface area (Å²) >= 11 is 0. The minimum atomic E-state index is -0.349. The Morgan fingerprint density at radius 1 is 1.17 bits per heavy atom. The number of rotatable bonds is 4. The first-order valence-electron chi connectivity index (χ1n) is 7.50. The van der Waals surface area contributed by atoms with Crippen LogP contribution in [0.2, 0.25) is 0 Å². The fourth-order valence-corrected chi connectivity index (χ4v) is 2.32. The molecule has 0 atom stereocenters. The molecule has 122 valence electrons. The SMILES string of the molecule is CCC(=O)Oc1ccc(-c2nc3ccccc3c(=O)[nH]2)cc1OC. The van der Waals surface area contributed by atoms with E-state index >= 15 is 0 Å². The lowest BCUT2D eigenvalue weighted by atomic mass is 10.1. The summed E-state index contributed by atoms with van der Waals surface area (Å²) in [4.78, 5) is 30.9. The molecule has 0 spiro atoms. The van der Waals surface area contributed by atoms with Gasteiger partial charge >= 0.3 is 5.97 Å². The number of hydrogen-bond acceptors (Lipinski definition) is 5. The van der Waals surface area contributed by atoms with Crippen LogP contribution in [0.3, 0.4) is 0 Å². The van der Waals surface area contributed by atoms with Gasteiger partial charge in [0.25, 0.3) is 5.56 Å². The van der Waals surface area contributed by atoms with Gasteiger partial charge in [0.15, 0.2) is 11.5 Å². The number of fused-ring (bicyclic) bond motifs is 1. The lowest BCUT2D eigenvalue weighted by Gasteiger charge is -2.10. The molecule has 6 heteroatoms. The number of aromatic nitrogens is 2. The van der Waals surface area contributed by atoms with Crippen molar-refractivity contribution in [2.24, 2.45) is 0 Å². The minimum absolute atomic E-state index is 0.212. The summed E-state index contributed by atoms with van der Waals surface area (Å²) in [5.74, 6) is 0.796. The van der Waals surface area contributed by atoms with Crippen LogP contribution in [-0.2, 0) is 4.79 Å². The molecule has 0 saturated carbocycles. The Hall–Kier alpha value is -3.15. The van der Waals surface area contributed by atoms with Crippen molar-refractivity contribution < 1.29 is 14.3 Å². The van der Waals surface area contributed by atoms with E-state index in [1.165, 1.54) is 7.11 Å². The molecular formula is C18H16N2O4. The lowest BCUT2D eigenvalue weighted by molar-refractivity contribution is -0.134. The van der Waals surface area contributed by atoms with E-state index in [0.717, 1.165) is 0 Å². The van der Waals surface area contributed by atoms with E-state index in [-0.39, 0.29) is 17.9 Å². The van der Waals surface area contributed by atoms with Crippen molar-refractivity contribution in [1.82, 2.24) is 9.97 Å². The highest BCUT2D eigenvalue weighted by molar-refractivity contribution is 5.79. The zero-order chi connectivity index (χ0) is 17.1. The van der Waals surface area contributed by atoms with Crippen LogP contribution in [-0.4, -0.2) is 23.0 Å². The van der Waals surface area contributed by atoms with Gasteiger partial charge in [-0.1, -0.05) is 19.1 Å². The van der Waals surface area contributed by atoms with E-state index in [4.69, 9.17) is 9.47 Å². The number of nitrogens with one attached hydrogen (secondary N) is 1.